The minimum atomic E-state index is 0.0731. The number of furan rings is 1. The van der Waals surface area contributed by atoms with Crippen LogP contribution in [0.4, 0.5) is 0 Å². The summed E-state index contributed by atoms with van der Waals surface area (Å²) in [6.07, 6.45) is 0.963. The maximum absolute atomic E-state index is 10.4. The van der Waals surface area contributed by atoms with E-state index in [4.69, 9.17) is 4.42 Å². The summed E-state index contributed by atoms with van der Waals surface area (Å²) in [6, 6.07) is 3.63. The van der Waals surface area contributed by atoms with Crippen molar-refractivity contribution in [2.24, 2.45) is 0 Å². The van der Waals surface area contributed by atoms with E-state index in [9.17, 15) is 9.90 Å². The number of aryl methyl sites for hydroxylation is 1. The third-order valence-corrected chi connectivity index (χ3v) is 2.96. The van der Waals surface area contributed by atoms with Crippen molar-refractivity contribution in [3.05, 3.63) is 27.9 Å². The van der Waals surface area contributed by atoms with Crippen molar-refractivity contribution < 1.29 is 14.3 Å². The molecule has 0 amide bonds. The van der Waals surface area contributed by atoms with Gasteiger partial charge in [-0.1, -0.05) is 0 Å². The lowest BCUT2D eigenvalue weighted by Crippen LogP contribution is -1.87. The molecule has 0 saturated carbocycles. The topological polar surface area (TPSA) is 50.4 Å². The van der Waals surface area contributed by atoms with Crippen molar-refractivity contribution in [3.8, 4) is 5.75 Å². The van der Waals surface area contributed by atoms with Gasteiger partial charge in [-0.2, -0.15) is 0 Å². The maximum atomic E-state index is 10.4. The van der Waals surface area contributed by atoms with Crippen molar-refractivity contribution in [1.82, 2.24) is 0 Å². The monoisotopic (exact) mass is 268 g/mol. The Kier molecular flexibility index (Phi) is 2.52. The second-order valence-corrected chi connectivity index (χ2v) is 4.14. The highest BCUT2D eigenvalue weighted by Gasteiger charge is 2.13. The first kappa shape index (κ1) is 10.2. The average molecular weight is 269 g/mol. The van der Waals surface area contributed by atoms with Gasteiger partial charge in [-0.05, 0) is 35.0 Å². The number of carbonyl (C=O) groups excluding carboxylic acids is 1. The van der Waals surface area contributed by atoms with E-state index in [0.29, 0.717) is 15.6 Å². The SMILES string of the molecule is Cc1cc2cc(CC=O)c(O)c(Br)c2o1. The number of fused-ring (bicyclic) bond motifs is 1. The van der Waals surface area contributed by atoms with E-state index in [1.165, 1.54) is 0 Å². The van der Waals surface area contributed by atoms with Crippen LogP contribution in [0.25, 0.3) is 11.0 Å². The normalized spacial score (nSPS) is 10.8. The number of carbonyl (C=O) groups is 1. The van der Waals surface area contributed by atoms with Gasteiger partial charge in [0, 0.05) is 17.4 Å². The number of halogens is 1. The van der Waals surface area contributed by atoms with Gasteiger partial charge in [-0.15, -0.1) is 0 Å². The molecule has 4 heteroatoms. The predicted molar refractivity (Wildman–Crippen MR) is 60.1 cm³/mol. The Balaban J connectivity index is 2.75. The molecule has 1 aromatic heterocycles. The summed E-state index contributed by atoms with van der Waals surface area (Å²) in [4.78, 5) is 10.4. The molecule has 2 rings (SSSR count). The summed E-state index contributed by atoms with van der Waals surface area (Å²) in [7, 11) is 0. The zero-order chi connectivity index (χ0) is 11.0. The quantitative estimate of drug-likeness (QED) is 0.853. The number of phenols is 1. The van der Waals surface area contributed by atoms with Gasteiger partial charge in [0.25, 0.3) is 0 Å². The molecule has 1 aromatic carbocycles. The fraction of sp³-hybridized carbons (Fsp3) is 0.182. The maximum Gasteiger partial charge on any atom is 0.152 e. The number of aromatic hydroxyl groups is 1. The van der Waals surface area contributed by atoms with Crippen molar-refractivity contribution in [2.45, 2.75) is 13.3 Å². The third kappa shape index (κ3) is 1.65. The molecule has 0 fully saturated rings. The van der Waals surface area contributed by atoms with E-state index >= 15 is 0 Å². The molecule has 3 nitrogen and oxygen atoms in total. The minimum absolute atomic E-state index is 0.0731. The number of aldehydes is 1. The molecule has 0 radical (unpaired) electrons. The summed E-state index contributed by atoms with van der Waals surface area (Å²) >= 11 is 3.26. The Morgan fingerprint density at radius 3 is 2.93 bits per heavy atom. The fourth-order valence-corrected chi connectivity index (χ4v) is 2.13. The lowest BCUT2D eigenvalue weighted by Gasteiger charge is -2.03. The molecule has 2 aromatic rings. The molecule has 0 aliphatic rings. The van der Waals surface area contributed by atoms with Crippen LogP contribution in [0, 0.1) is 6.92 Å². The smallest absolute Gasteiger partial charge is 0.152 e. The molecule has 0 bridgehead atoms. The van der Waals surface area contributed by atoms with Crippen LogP contribution in [-0.2, 0) is 11.2 Å². The van der Waals surface area contributed by atoms with Crippen LogP contribution in [0.5, 0.6) is 5.75 Å². The average Bonchev–Trinajstić information content (AvgIpc) is 2.56. The zero-order valence-electron chi connectivity index (χ0n) is 8.08. The number of phenolic OH excluding ortho intramolecular Hbond substituents is 1. The van der Waals surface area contributed by atoms with Crippen LogP contribution < -0.4 is 0 Å². The predicted octanol–water partition coefficient (Wildman–Crippen LogP) is 2.95. The van der Waals surface area contributed by atoms with Crippen molar-refractivity contribution >= 4 is 33.2 Å². The summed E-state index contributed by atoms with van der Waals surface area (Å²) in [5, 5.41) is 10.7. The number of hydrogen-bond donors (Lipinski definition) is 1. The molecule has 0 aliphatic carbocycles. The number of rotatable bonds is 2. The van der Waals surface area contributed by atoms with Crippen molar-refractivity contribution in [2.75, 3.05) is 0 Å². The van der Waals surface area contributed by atoms with E-state index in [1.807, 2.05) is 13.0 Å². The van der Waals surface area contributed by atoms with Gasteiger partial charge in [-0.25, -0.2) is 0 Å². The highest BCUT2D eigenvalue weighted by molar-refractivity contribution is 9.10. The molecule has 78 valence electrons. The molecule has 0 aliphatic heterocycles. The molecule has 1 heterocycles. The molecule has 15 heavy (non-hydrogen) atoms. The molecule has 1 N–H and O–H groups in total. The van der Waals surface area contributed by atoms with Crippen molar-refractivity contribution in [3.63, 3.8) is 0 Å². The van der Waals surface area contributed by atoms with E-state index < -0.39 is 0 Å². The highest BCUT2D eigenvalue weighted by Crippen LogP contribution is 2.37. The molecule has 0 atom stereocenters. The van der Waals surface area contributed by atoms with Crippen LogP contribution in [0.3, 0.4) is 0 Å². The van der Waals surface area contributed by atoms with Crippen LogP contribution in [0.15, 0.2) is 21.0 Å². The Morgan fingerprint density at radius 2 is 2.27 bits per heavy atom. The Labute approximate surface area is 94.8 Å². The first-order chi connectivity index (χ1) is 7.13. The van der Waals surface area contributed by atoms with Gasteiger partial charge >= 0.3 is 0 Å². The lowest BCUT2D eigenvalue weighted by molar-refractivity contribution is -0.107. The third-order valence-electron chi connectivity index (χ3n) is 2.23. The fourth-order valence-electron chi connectivity index (χ4n) is 1.56. The first-order valence-corrected chi connectivity index (χ1v) is 5.27. The van der Waals surface area contributed by atoms with Crippen LogP contribution >= 0.6 is 15.9 Å². The number of hydrogen-bond acceptors (Lipinski definition) is 3. The van der Waals surface area contributed by atoms with Gasteiger partial charge in [0.1, 0.15) is 22.3 Å². The van der Waals surface area contributed by atoms with E-state index in [2.05, 4.69) is 15.9 Å². The standard InChI is InChI=1S/C11H9BrO3/c1-6-4-8-5-7(2-3-13)10(14)9(12)11(8)15-6/h3-5,14H,2H2,1H3. The van der Waals surface area contributed by atoms with Gasteiger partial charge in [-0.3, -0.25) is 0 Å². The zero-order valence-corrected chi connectivity index (χ0v) is 9.67. The molecule has 0 spiro atoms. The molecular weight excluding hydrogens is 260 g/mol. The van der Waals surface area contributed by atoms with Crippen LogP contribution in [-0.4, -0.2) is 11.4 Å². The second kappa shape index (κ2) is 3.70. The summed E-state index contributed by atoms with van der Waals surface area (Å²) in [6.45, 7) is 1.84. The van der Waals surface area contributed by atoms with Gasteiger partial charge in [0.2, 0.25) is 0 Å². The summed E-state index contributed by atoms with van der Waals surface area (Å²) in [5.41, 5.74) is 1.21. The van der Waals surface area contributed by atoms with Gasteiger partial charge in [0.05, 0.1) is 0 Å². The van der Waals surface area contributed by atoms with Gasteiger partial charge in [0.15, 0.2) is 5.58 Å². The lowest BCUT2D eigenvalue weighted by atomic mass is 10.1. The summed E-state index contributed by atoms with van der Waals surface area (Å²) in [5.74, 6) is 0.845. The van der Waals surface area contributed by atoms with Crippen molar-refractivity contribution in [1.29, 1.82) is 0 Å². The van der Waals surface area contributed by atoms with E-state index in [1.54, 1.807) is 6.07 Å². The first-order valence-electron chi connectivity index (χ1n) is 4.47. The number of benzene rings is 1. The van der Waals surface area contributed by atoms with Crippen LogP contribution in [0.1, 0.15) is 11.3 Å². The Morgan fingerprint density at radius 1 is 1.53 bits per heavy atom. The molecule has 0 saturated heterocycles. The Hall–Kier alpha value is -1.29. The Bertz CT molecular complexity index is 528. The molecule has 0 unspecified atom stereocenters. The highest BCUT2D eigenvalue weighted by atomic mass is 79.9. The largest absolute Gasteiger partial charge is 0.506 e. The summed E-state index contributed by atoms with van der Waals surface area (Å²) < 4.78 is 5.92. The van der Waals surface area contributed by atoms with E-state index in [-0.39, 0.29) is 12.2 Å². The second-order valence-electron chi connectivity index (χ2n) is 3.34. The van der Waals surface area contributed by atoms with E-state index in [0.717, 1.165) is 17.4 Å². The molecular formula is C11H9BrO3. The minimum Gasteiger partial charge on any atom is -0.506 e. The van der Waals surface area contributed by atoms with Crippen LogP contribution in [0.2, 0.25) is 0 Å². The van der Waals surface area contributed by atoms with Gasteiger partial charge < -0.3 is 14.3 Å².